The van der Waals surface area contributed by atoms with Crippen molar-refractivity contribution in [3.8, 4) is 0 Å². The zero-order valence-corrected chi connectivity index (χ0v) is 11.4. The van der Waals surface area contributed by atoms with E-state index in [2.05, 4.69) is 6.92 Å². The molecule has 0 aliphatic carbocycles. The molecule has 0 heterocycles. The Labute approximate surface area is 104 Å². The van der Waals surface area contributed by atoms with Gasteiger partial charge in [0.05, 0.1) is 0 Å². The second-order valence-corrected chi connectivity index (χ2v) is 4.22. The molecule has 0 radical (unpaired) electrons. The Morgan fingerprint density at radius 1 is 1.12 bits per heavy atom. The minimum Gasteiger partial charge on any atom is -0.369 e. The zero-order valence-electron chi connectivity index (χ0n) is 11.4. The maximum Gasteiger partial charge on any atom is 0.270 e. The summed E-state index contributed by atoms with van der Waals surface area (Å²) >= 11 is 0. The monoisotopic (exact) mass is 247 g/mol. The molecule has 0 fully saturated rings. The number of carbonyl (C=O) groups is 1. The van der Waals surface area contributed by atoms with Crippen molar-refractivity contribution in [1.82, 2.24) is 6.15 Å². The molecule has 1 unspecified atom stereocenters. The Morgan fingerprint density at radius 3 is 2.18 bits per heavy atom. The highest BCUT2D eigenvalue weighted by atomic mass is 16.6. The number of carbonyl (C=O) groups excluding carboxylic acids is 1. The summed E-state index contributed by atoms with van der Waals surface area (Å²) in [4.78, 5) is 21.8. The van der Waals surface area contributed by atoms with Gasteiger partial charge in [-0.15, -0.1) is 0 Å². The lowest BCUT2D eigenvalue weighted by atomic mass is 10.0. The SMILES string of the molecule is CCCCCCCC(C(=O)CCC)[N+](=O)[O-].[NH4+]. The van der Waals surface area contributed by atoms with E-state index in [1.807, 2.05) is 6.92 Å². The fourth-order valence-electron chi connectivity index (χ4n) is 1.74. The van der Waals surface area contributed by atoms with Crippen LogP contribution in [0.4, 0.5) is 0 Å². The van der Waals surface area contributed by atoms with Gasteiger partial charge in [-0.2, -0.15) is 0 Å². The standard InChI is InChI=1S/C12H23NO3.H3N/c1-3-5-6-7-8-10-11(13(15)16)12(14)9-4-2;/h11H,3-10H2,1-2H3;1H3/p+1. The summed E-state index contributed by atoms with van der Waals surface area (Å²) in [6.45, 7) is 4.00. The number of quaternary nitrogens is 1. The van der Waals surface area contributed by atoms with E-state index in [0.29, 0.717) is 19.3 Å². The molecule has 5 nitrogen and oxygen atoms in total. The minimum absolute atomic E-state index is 0. The molecule has 102 valence electrons. The van der Waals surface area contributed by atoms with E-state index in [-0.39, 0.29) is 11.9 Å². The highest BCUT2D eigenvalue weighted by Crippen LogP contribution is 2.11. The average molecular weight is 247 g/mol. The Balaban J connectivity index is 0. The average Bonchev–Trinajstić information content (AvgIpc) is 2.23. The highest BCUT2D eigenvalue weighted by Gasteiger charge is 2.27. The predicted octanol–water partition coefficient (Wildman–Crippen LogP) is 3.74. The number of ketones is 1. The molecule has 0 saturated carbocycles. The van der Waals surface area contributed by atoms with E-state index in [1.165, 1.54) is 6.42 Å². The van der Waals surface area contributed by atoms with Crippen molar-refractivity contribution in [2.24, 2.45) is 0 Å². The molecule has 17 heavy (non-hydrogen) atoms. The molecule has 0 aliphatic rings. The number of nitrogens with zero attached hydrogens (tertiary/aromatic N) is 1. The molecule has 0 spiro atoms. The number of rotatable bonds is 10. The maximum absolute atomic E-state index is 11.5. The van der Waals surface area contributed by atoms with Crippen molar-refractivity contribution < 1.29 is 9.72 Å². The topological polar surface area (TPSA) is 96.7 Å². The molecule has 0 rings (SSSR count). The fourth-order valence-corrected chi connectivity index (χ4v) is 1.74. The third-order valence-corrected chi connectivity index (χ3v) is 2.70. The van der Waals surface area contributed by atoms with E-state index in [0.717, 1.165) is 25.7 Å². The molecule has 0 saturated heterocycles. The van der Waals surface area contributed by atoms with Crippen molar-refractivity contribution in [2.45, 2.75) is 71.3 Å². The van der Waals surface area contributed by atoms with E-state index >= 15 is 0 Å². The molecule has 4 N–H and O–H groups in total. The second-order valence-electron chi connectivity index (χ2n) is 4.22. The van der Waals surface area contributed by atoms with Crippen molar-refractivity contribution in [2.75, 3.05) is 0 Å². The van der Waals surface area contributed by atoms with Crippen LogP contribution in [0.1, 0.15) is 65.2 Å². The summed E-state index contributed by atoms with van der Waals surface area (Å²) in [6.07, 6.45) is 6.68. The normalized spacial score (nSPS) is 11.6. The molecule has 1 atom stereocenters. The first-order valence-corrected chi connectivity index (χ1v) is 6.29. The second kappa shape index (κ2) is 11.5. The lowest BCUT2D eigenvalue weighted by Crippen LogP contribution is -2.29. The molecule has 0 aromatic rings. The van der Waals surface area contributed by atoms with Crippen LogP contribution in [0.3, 0.4) is 0 Å². The molecule has 0 bridgehead atoms. The molecule has 0 aromatic heterocycles. The number of hydrogen-bond donors (Lipinski definition) is 1. The van der Waals surface area contributed by atoms with Crippen molar-refractivity contribution in [1.29, 1.82) is 0 Å². The summed E-state index contributed by atoms with van der Waals surface area (Å²) in [7, 11) is 0. The Morgan fingerprint density at radius 2 is 1.71 bits per heavy atom. The van der Waals surface area contributed by atoms with Gasteiger partial charge < -0.3 is 6.15 Å². The zero-order chi connectivity index (χ0) is 12.4. The van der Waals surface area contributed by atoms with Gasteiger partial charge in [0.25, 0.3) is 6.04 Å². The summed E-state index contributed by atoms with van der Waals surface area (Å²) in [6, 6.07) is -0.957. The van der Waals surface area contributed by atoms with Gasteiger partial charge in [-0.3, -0.25) is 14.9 Å². The Kier molecular flexibility index (Phi) is 12.5. The van der Waals surface area contributed by atoms with Crippen molar-refractivity contribution in [3.05, 3.63) is 10.1 Å². The van der Waals surface area contributed by atoms with Gasteiger partial charge in [0.2, 0.25) is 5.78 Å². The highest BCUT2D eigenvalue weighted by molar-refractivity contribution is 5.82. The fraction of sp³-hybridized carbons (Fsp3) is 0.917. The van der Waals surface area contributed by atoms with Crippen LogP contribution < -0.4 is 6.15 Å². The molecule has 0 aliphatic heterocycles. The van der Waals surface area contributed by atoms with Gasteiger partial charge in [-0.05, 0) is 12.8 Å². The van der Waals surface area contributed by atoms with E-state index in [1.54, 1.807) is 0 Å². The number of nitro groups is 1. The smallest absolute Gasteiger partial charge is 0.270 e. The lowest BCUT2D eigenvalue weighted by Gasteiger charge is -2.07. The van der Waals surface area contributed by atoms with Crippen LogP contribution in [-0.2, 0) is 4.79 Å². The summed E-state index contributed by atoms with van der Waals surface area (Å²) < 4.78 is 0. The van der Waals surface area contributed by atoms with Crippen molar-refractivity contribution >= 4 is 5.78 Å². The predicted molar refractivity (Wildman–Crippen MR) is 70.1 cm³/mol. The van der Waals surface area contributed by atoms with Crippen LogP contribution in [0.5, 0.6) is 0 Å². The first-order chi connectivity index (χ1) is 7.63. The summed E-state index contributed by atoms with van der Waals surface area (Å²) in [5.74, 6) is -0.206. The van der Waals surface area contributed by atoms with E-state index in [4.69, 9.17) is 0 Å². The number of unbranched alkanes of at least 4 members (excludes halogenated alkanes) is 4. The lowest BCUT2D eigenvalue weighted by molar-refractivity contribution is -0.508. The first kappa shape index (κ1) is 18.4. The van der Waals surface area contributed by atoms with Gasteiger partial charge in [0.15, 0.2) is 0 Å². The van der Waals surface area contributed by atoms with Crippen LogP contribution in [0, 0.1) is 10.1 Å². The number of Topliss-reactive ketones (excluding diaryl/α,β-unsaturated/α-hetero) is 1. The molecule has 0 aromatic carbocycles. The Bertz CT molecular complexity index is 220. The van der Waals surface area contributed by atoms with Crippen LogP contribution in [0.15, 0.2) is 0 Å². The third-order valence-electron chi connectivity index (χ3n) is 2.70. The van der Waals surface area contributed by atoms with Gasteiger partial charge in [-0.25, -0.2) is 0 Å². The van der Waals surface area contributed by atoms with Crippen LogP contribution in [-0.4, -0.2) is 16.7 Å². The molecular weight excluding hydrogens is 220 g/mol. The third kappa shape index (κ3) is 8.80. The summed E-state index contributed by atoms with van der Waals surface area (Å²) in [5, 5.41) is 10.7. The summed E-state index contributed by atoms with van der Waals surface area (Å²) in [5.41, 5.74) is 0. The molecular formula is C12H27N2O3+. The van der Waals surface area contributed by atoms with Gasteiger partial charge >= 0.3 is 0 Å². The molecule has 0 amide bonds. The molecule has 5 heteroatoms. The van der Waals surface area contributed by atoms with Crippen LogP contribution in [0.25, 0.3) is 0 Å². The Hall–Kier alpha value is -0.970. The van der Waals surface area contributed by atoms with Gasteiger partial charge in [0, 0.05) is 17.8 Å². The minimum atomic E-state index is -0.957. The first-order valence-electron chi connectivity index (χ1n) is 6.29. The maximum atomic E-state index is 11.5. The van der Waals surface area contributed by atoms with Crippen LogP contribution in [0.2, 0.25) is 0 Å². The van der Waals surface area contributed by atoms with E-state index in [9.17, 15) is 14.9 Å². The number of hydrogen-bond acceptors (Lipinski definition) is 3. The van der Waals surface area contributed by atoms with Gasteiger partial charge in [-0.1, -0.05) is 39.5 Å². The largest absolute Gasteiger partial charge is 0.369 e. The van der Waals surface area contributed by atoms with Gasteiger partial charge in [0.1, 0.15) is 0 Å². The quantitative estimate of drug-likeness (QED) is 0.361. The van der Waals surface area contributed by atoms with E-state index < -0.39 is 11.0 Å². The van der Waals surface area contributed by atoms with Crippen LogP contribution >= 0.6 is 0 Å². The van der Waals surface area contributed by atoms with Crippen molar-refractivity contribution in [3.63, 3.8) is 0 Å².